The highest BCUT2D eigenvalue weighted by Gasteiger charge is 2.33. The molecule has 0 spiro atoms. The van der Waals surface area contributed by atoms with Gasteiger partial charge in [0, 0.05) is 5.56 Å². The van der Waals surface area contributed by atoms with Gasteiger partial charge in [0.2, 0.25) is 0 Å². The highest BCUT2D eigenvalue weighted by atomic mass is 16.6. The molecule has 3 heteroatoms. The van der Waals surface area contributed by atoms with Gasteiger partial charge in [-0.05, 0) is 24.8 Å². The van der Waals surface area contributed by atoms with Crippen LogP contribution in [-0.2, 0) is 0 Å². The molecule has 3 rings (SSSR count). The third-order valence-corrected chi connectivity index (χ3v) is 2.98. The standard InChI is InChI=1S/C12H14O3/c13-11(8-4-5-8)9-2-1-3-10-12(9)15-7-6-14-10/h1-3,8,11,13H,4-7H2. The molecule has 1 fully saturated rings. The number of hydrogen-bond acceptors (Lipinski definition) is 3. The van der Waals surface area contributed by atoms with E-state index >= 15 is 0 Å². The minimum atomic E-state index is -0.387. The molecule has 3 nitrogen and oxygen atoms in total. The Hall–Kier alpha value is -1.22. The molecule has 1 aliphatic heterocycles. The SMILES string of the molecule is OC(c1cccc2c1OCCO2)C1CC1. The molecule has 0 bridgehead atoms. The number of benzene rings is 1. The lowest BCUT2D eigenvalue weighted by Crippen LogP contribution is -2.17. The van der Waals surface area contributed by atoms with Gasteiger partial charge in [-0.2, -0.15) is 0 Å². The minimum Gasteiger partial charge on any atom is -0.486 e. The Morgan fingerprint density at radius 2 is 2.00 bits per heavy atom. The van der Waals surface area contributed by atoms with Gasteiger partial charge in [0.25, 0.3) is 0 Å². The van der Waals surface area contributed by atoms with Gasteiger partial charge in [-0.15, -0.1) is 0 Å². The van der Waals surface area contributed by atoms with Crippen LogP contribution in [0.5, 0.6) is 11.5 Å². The van der Waals surface area contributed by atoms with E-state index < -0.39 is 0 Å². The molecule has 1 aromatic rings. The number of ether oxygens (including phenoxy) is 2. The first-order valence-corrected chi connectivity index (χ1v) is 5.43. The van der Waals surface area contributed by atoms with E-state index in [0.29, 0.717) is 19.1 Å². The average molecular weight is 206 g/mol. The van der Waals surface area contributed by atoms with Crippen LogP contribution in [0.3, 0.4) is 0 Å². The van der Waals surface area contributed by atoms with E-state index in [1.54, 1.807) is 0 Å². The highest BCUT2D eigenvalue weighted by molar-refractivity contribution is 5.48. The molecule has 15 heavy (non-hydrogen) atoms. The second-order valence-corrected chi connectivity index (χ2v) is 4.15. The van der Waals surface area contributed by atoms with Crippen LogP contribution in [0.4, 0.5) is 0 Å². The molecular weight excluding hydrogens is 192 g/mol. The molecule has 0 amide bonds. The summed E-state index contributed by atoms with van der Waals surface area (Å²) in [5, 5.41) is 10.1. The first-order valence-electron chi connectivity index (χ1n) is 5.43. The summed E-state index contributed by atoms with van der Waals surface area (Å²) in [4.78, 5) is 0. The summed E-state index contributed by atoms with van der Waals surface area (Å²) in [6.45, 7) is 1.16. The molecule has 80 valence electrons. The van der Waals surface area contributed by atoms with Crippen molar-refractivity contribution >= 4 is 0 Å². The summed E-state index contributed by atoms with van der Waals surface area (Å²) in [7, 11) is 0. The van der Waals surface area contributed by atoms with Gasteiger partial charge in [0.1, 0.15) is 13.2 Å². The van der Waals surface area contributed by atoms with Gasteiger partial charge in [0.05, 0.1) is 6.10 Å². The zero-order valence-corrected chi connectivity index (χ0v) is 8.48. The van der Waals surface area contributed by atoms with Gasteiger partial charge in [-0.3, -0.25) is 0 Å². The van der Waals surface area contributed by atoms with Crippen LogP contribution in [-0.4, -0.2) is 18.3 Å². The van der Waals surface area contributed by atoms with E-state index in [1.165, 1.54) is 0 Å². The van der Waals surface area contributed by atoms with E-state index in [2.05, 4.69) is 0 Å². The van der Waals surface area contributed by atoms with Crippen LogP contribution in [0.2, 0.25) is 0 Å². The zero-order valence-electron chi connectivity index (χ0n) is 8.48. The molecule has 1 aliphatic carbocycles. The average Bonchev–Trinajstić information content (AvgIpc) is 3.11. The summed E-state index contributed by atoms with van der Waals surface area (Å²) >= 11 is 0. The first-order chi connectivity index (χ1) is 7.36. The van der Waals surface area contributed by atoms with Crippen molar-refractivity contribution in [3.8, 4) is 11.5 Å². The Morgan fingerprint density at radius 1 is 1.20 bits per heavy atom. The lowest BCUT2D eigenvalue weighted by atomic mass is 10.0. The van der Waals surface area contributed by atoms with E-state index in [-0.39, 0.29) is 6.10 Å². The predicted molar refractivity (Wildman–Crippen MR) is 55.1 cm³/mol. The second kappa shape index (κ2) is 3.42. The number of aliphatic hydroxyl groups excluding tert-OH is 1. The van der Waals surface area contributed by atoms with Crippen LogP contribution >= 0.6 is 0 Å². The van der Waals surface area contributed by atoms with Gasteiger partial charge in [0.15, 0.2) is 11.5 Å². The zero-order chi connectivity index (χ0) is 10.3. The molecule has 1 unspecified atom stereocenters. The lowest BCUT2D eigenvalue weighted by molar-refractivity contribution is 0.133. The van der Waals surface area contributed by atoms with Gasteiger partial charge in [-0.1, -0.05) is 12.1 Å². The Morgan fingerprint density at radius 3 is 2.80 bits per heavy atom. The fourth-order valence-electron chi connectivity index (χ4n) is 2.00. The largest absolute Gasteiger partial charge is 0.486 e. The first kappa shape index (κ1) is 9.04. The second-order valence-electron chi connectivity index (χ2n) is 4.15. The summed E-state index contributed by atoms with van der Waals surface area (Å²) in [6.07, 6.45) is 1.85. The van der Waals surface area contributed by atoms with Crippen molar-refractivity contribution in [1.82, 2.24) is 0 Å². The maximum atomic E-state index is 10.1. The molecule has 0 aromatic heterocycles. The lowest BCUT2D eigenvalue weighted by Gasteiger charge is -2.22. The van der Waals surface area contributed by atoms with Crippen molar-refractivity contribution in [2.24, 2.45) is 5.92 Å². The number of hydrogen-bond donors (Lipinski definition) is 1. The molecule has 1 atom stereocenters. The van der Waals surface area contributed by atoms with E-state index in [1.807, 2.05) is 18.2 Å². The maximum Gasteiger partial charge on any atom is 0.167 e. The Labute approximate surface area is 88.6 Å². The molecule has 1 heterocycles. The monoisotopic (exact) mass is 206 g/mol. The van der Waals surface area contributed by atoms with Crippen molar-refractivity contribution in [2.45, 2.75) is 18.9 Å². The van der Waals surface area contributed by atoms with Crippen LogP contribution in [0, 0.1) is 5.92 Å². The summed E-state index contributed by atoms with van der Waals surface area (Å²) < 4.78 is 11.0. The van der Waals surface area contributed by atoms with Gasteiger partial charge < -0.3 is 14.6 Å². The summed E-state index contributed by atoms with van der Waals surface area (Å²) in [5.41, 5.74) is 0.884. The van der Waals surface area contributed by atoms with Gasteiger partial charge in [-0.25, -0.2) is 0 Å². The number of aliphatic hydroxyl groups is 1. The number of para-hydroxylation sites is 1. The molecule has 2 aliphatic rings. The Kier molecular flexibility index (Phi) is 2.06. The molecule has 1 aromatic carbocycles. The van der Waals surface area contributed by atoms with Crippen LogP contribution in [0.15, 0.2) is 18.2 Å². The predicted octanol–water partition coefficient (Wildman–Crippen LogP) is 1.90. The van der Waals surface area contributed by atoms with Crippen molar-refractivity contribution in [1.29, 1.82) is 0 Å². The highest BCUT2D eigenvalue weighted by Crippen LogP contribution is 2.46. The molecule has 0 saturated heterocycles. The van der Waals surface area contributed by atoms with Crippen molar-refractivity contribution in [3.63, 3.8) is 0 Å². The fraction of sp³-hybridized carbons (Fsp3) is 0.500. The molecule has 1 saturated carbocycles. The van der Waals surface area contributed by atoms with Crippen molar-refractivity contribution in [2.75, 3.05) is 13.2 Å². The normalized spacial score (nSPS) is 21.1. The van der Waals surface area contributed by atoms with Crippen molar-refractivity contribution in [3.05, 3.63) is 23.8 Å². The molecule has 0 radical (unpaired) electrons. The summed E-state index contributed by atoms with van der Waals surface area (Å²) in [5.74, 6) is 1.92. The van der Waals surface area contributed by atoms with E-state index in [9.17, 15) is 5.11 Å². The minimum absolute atomic E-state index is 0.387. The topological polar surface area (TPSA) is 38.7 Å². The third-order valence-electron chi connectivity index (χ3n) is 2.98. The summed E-state index contributed by atoms with van der Waals surface area (Å²) in [6, 6.07) is 5.72. The quantitative estimate of drug-likeness (QED) is 0.803. The van der Waals surface area contributed by atoms with E-state index in [0.717, 1.165) is 29.9 Å². The molecular formula is C12H14O3. The molecule has 1 N–H and O–H groups in total. The third kappa shape index (κ3) is 1.57. The number of fused-ring (bicyclic) bond motifs is 1. The smallest absolute Gasteiger partial charge is 0.167 e. The Balaban J connectivity index is 1.98. The van der Waals surface area contributed by atoms with Crippen LogP contribution < -0.4 is 9.47 Å². The number of rotatable bonds is 2. The van der Waals surface area contributed by atoms with Crippen molar-refractivity contribution < 1.29 is 14.6 Å². The van der Waals surface area contributed by atoms with Crippen LogP contribution in [0.1, 0.15) is 24.5 Å². The van der Waals surface area contributed by atoms with Gasteiger partial charge >= 0.3 is 0 Å². The fourth-order valence-corrected chi connectivity index (χ4v) is 2.00. The van der Waals surface area contributed by atoms with E-state index in [4.69, 9.17) is 9.47 Å². The maximum absolute atomic E-state index is 10.1. The Bertz CT molecular complexity index is 371. The van der Waals surface area contributed by atoms with Crippen LogP contribution in [0.25, 0.3) is 0 Å².